The van der Waals surface area contributed by atoms with Gasteiger partial charge in [0.05, 0.1) is 82.1 Å². The number of hydrogen-bond acceptors (Lipinski definition) is 14. The standard InChI is InChI=1S/C62H78N7O12PS/c1-3-81-61(75)47-29-33-69(2)52(40-47)44-23-25-45(26-24-44)53(70)42-66-57(72)21-12-4-5-15-30-64-60(74)50-28-27-46(41-54(50)82(77,48-16-8-6-9-17-48)49-18-10-7-11-19-49)59(73)65-32-35-79-37-39-80-38-36-78-34-31-63-56(71)22-14-13-20-55-58-51(43-83-55)67-62(76)68-58/h6-11,16-19,23-29,33,40-41,51-52,55,58H,3-5,12-15,20-22,30-32,34-39,42-43H2,1-2H3,(H,63,71)(H,64,74)(H,65,73)(H,66,72)(H2,67,68,76)/t51-,52?,55-,58-/m0/s1. The van der Waals surface area contributed by atoms with Crippen molar-refractivity contribution >= 4 is 76.2 Å². The van der Waals surface area contributed by atoms with E-state index in [1.807, 2.05) is 60.3 Å². The smallest absolute Gasteiger partial charge is 0.337 e. The predicted octanol–water partition coefficient (Wildman–Crippen LogP) is 5.62. The zero-order chi connectivity index (χ0) is 58.8. The van der Waals surface area contributed by atoms with E-state index < -0.39 is 24.9 Å². The fourth-order valence-corrected chi connectivity index (χ4v) is 14.4. The summed E-state index contributed by atoms with van der Waals surface area (Å²) in [5.41, 5.74) is 2.23. The third-order valence-corrected chi connectivity index (χ3v) is 19.0. The number of carbonyl (C=O) groups is 7. The molecule has 0 bridgehead atoms. The molecule has 3 aliphatic rings. The van der Waals surface area contributed by atoms with E-state index in [0.717, 1.165) is 37.0 Å². The maximum absolute atomic E-state index is 15.7. The van der Waals surface area contributed by atoms with E-state index >= 15 is 4.57 Å². The quantitative estimate of drug-likeness (QED) is 0.0108. The van der Waals surface area contributed by atoms with Crippen LogP contribution in [-0.2, 0) is 37.9 Å². The third kappa shape index (κ3) is 19.0. The van der Waals surface area contributed by atoms with Crippen molar-refractivity contribution in [3.05, 3.63) is 149 Å². The molecule has 83 heavy (non-hydrogen) atoms. The summed E-state index contributed by atoms with van der Waals surface area (Å²) in [6.45, 7) is 4.74. The lowest BCUT2D eigenvalue weighted by Gasteiger charge is -2.28. The van der Waals surface area contributed by atoms with Crippen molar-refractivity contribution in [1.82, 2.24) is 36.8 Å². The molecule has 0 aromatic heterocycles. The number of rotatable bonds is 35. The van der Waals surface area contributed by atoms with Crippen LogP contribution >= 0.6 is 18.9 Å². The Kier molecular flexibility index (Phi) is 25.4. The van der Waals surface area contributed by atoms with E-state index in [4.69, 9.17) is 18.9 Å². The van der Waals surface area contributed by atoms with Crippen molar-refractivity contribution < 1.29 is 57.1 Å². The number of benzene rings is 4. The number of ether oxygens (including phenoxy) is 4. The predicted molar refractivity (Wildman–Crippen MR) is 321 cm³/mol. The minimum absolute atomic E-state index is 0.00592. The molecule has 3 heterocycles. The lowest BCUT2D eigenvalue weighted by atomic mass is 9.98. The van der Waals surface area contributed by atoms with Gasteiger partial charge < -0.3 is 60.3 Å². The number of hydrogen-bond donors (Lipinski definition) is 6. The van der Waals surface area contributed by atoms with E-state index in [-0.39, 0.29) is 90.9 Å². The van der Waals surface area contributed by atoms with Gasteiger partial charge in [0.25, 0.3) is 11.8 Å². The molecule has 6 N–H and O–H groups in total. The number of nitrogens with zero attached hydrogens (tertiary/aromatic N) is 1. The summed E-state index contributed by atoms with van der Waals surface area (Å²) in [5.74, 6) is -0.782. The summed E-state index contributed by atoms with van der Waals surface area (Å²) in [7, 11) is -1.81. The molecule has 0 saturated carbocycles. The van der Waals surface area contributed by atoms with Gasteiger partial charge in [0, 0.05) is 83.8 Å². The second-order valence-electron chi connectivity index (χ2n) is 20.3. The van der Waals surface area contributed by atoms with Crippen molar-refractivity contribution in [2.75, 3.05) is 85.2 Å². The molecule has 4 aromatic rings. The Labute approximate surface area is 490 Å². The first-order chi connectivity index (χ1) is 40.3. The maximum Gasteiger partial charge on any atom is 0.337 e. The first-order valence-electron chi connectivity index (χ1n) is 28.7. The lowest BCUT2D eigenvalue weighted by Crippen LogP contribution is -2.36. The Bertz CT molecular complexity index is 2890. The monoisotopic (exact) mass is 1180 g/mol. The maximum atomic E-state index is 15.7. The van der Waals surface area contributed by atoms with E-state index in [9.17, 15) is 33.6 Å². The molecular formula is C62H78N7O12PS. The van der Waals surface area contributed by atoms with Crippen molar-refractivity contribution in [2.24, 2.45) is 0 Å². The van der Waals surface area contributed by atoms with Gasteiger partial charge >= 0.3 is 12.0 Å². The molecule has 0 spiro atoms. The molecule has 4 aromatic carbocycles. The number of unbranched alkanes of at least 4 members (excludes halogenated alkanes) is 4. The Balaban J connectivity index is 0.786. The number of thioether (sulfide) groups is 1. The van der Waals surface area contributed by atoms with Crippen LogP contribution in [0.4, 0.5) is 4.79 Å². The summed E-state index contributed by atoms with van der Waals surface area (Å²) >= 11 is 1.88. The molecule has 1 unspecified atom stereocenters. The summed E-state index contributed by atoms with van der Waals surface area (Å²) in [4.78, 5) is 91.4. The molecule has 2 fully saturated rings. The van der Waals surface area contributed by atoms with Gasteiger partial charge in [-0.05, 0) is 68.5 Å². The van der Waals surface area contributed by atoms with Gasteiger partial charge in [-0.25, -0.2) is 9.59 Å². The average Bonchev–Trinajstić information content (AvgIpc) is 3.47. The molecule has 3 aliphatic heterocycles. The number of nitrogens with one attached hydrogen (secondary N) is 6. The molecule has 7 rings (SSSR count). The number of urea groups is 1. The minimum atomic E-state index is -3.71. The van der Waals surface area contributed by atoms with Gasteiger partial charge in [-0.15, -0.1) is 0 Å². The number of Topliss-reactive ketones (excluding diaryl/α,β-unsaturated/α-hetero) is 1. The Hall–Kier alpha value is -7.09. The van der Waals surface area contributed by atoms with Gasteiger partial charge in [-0.3, -0.25) is 24.0 Å². The number of carbonyl (C=O) groups excluding carboxylic acids is 7. The zero-order valence-electron chi connectivity index (χ0n) is 47.4. The van der Waals surface area contributed by atoms with Crippen molar-refractivity contribution in [3.63, 3.8) is 0 Å². The van der Waals surface area contributed by atoms with Gasteiger partial charge in [0.1, 0.15) is 0 Å². The molecular weight excluding hydrogens is 1100 g/mol. The van der Waals surface area contributed by atoms with E-state index in [0.29, 0.717) is 98.8 Å². The van der Waals surface area contributed by atoms with Crippen LogP contribution in [0.2, 0.25) is 0 Å². The second-order valence-corrected chi connectivity index (χ2v) is 24.3. The largest absolute Gasteiger partial charge is 0.462 e. The molecule has 0 aliphatic carbocycles. The molecule has 444 valence electrons. The normalized spacial score (nSPS) is 17.2. The van der Waals surface area contributed by atoms with Gasteiger partial charge in [-0.2, -0.15) is 11.8 Å². The molecule has 19 nitrogen and oxygen atoms in total. The van der Waals surface area contributed by atoms with Crippen molar-refractivity contribution in [1.29, 1.82) is 0 Å². The second kappa shape index (κ2) is 33.3. The first-order valence-corrected chi connectivity index (χ1v) is 31.4. The number of fused-ring (bicyclic) bond motifs is 1. The lowest BCUT2D eigenvalue weighted by molar-refractivity contribution is -0.138. The fourth-order valence-electron chi connectivity index (χ4n) is 9.95. The SMILES string of the molecule is CCOC(=O)C1=CC(c2ccc(C(=O)CNC(=O)CCCCCCNC(=O)c3ccc(C(=O)NCCOCCOCCOCCNC(=O)CCCC[C@@H]4SC[C@@H]5NC(=O)N[C@@H]54)cc3P(=O)(c3ccccc3)c3ccccc3)cc2)N(C)C=C1. The van der Waals surface area contributed by atoms with Crippen molar-refractivity contribution in [3.8, 4) is 0 Å². The van der Waals surface area contributed by atoms with Gasteiger partial charge in [0.15, 0.2) is 12.9 Å². The summed E-state index contributed by atoms with van der Waals surface area (Å²) in [5, 5.41) is 19.1. The van der Waals surface area contributed by atoms with E-state index in [2.05, 4.69) is 31.9 Å². The van der Waals surface area contributed by atoms with Crippen LogP contribution in [0.5, 0.6) is 0 Å². The zero-order valence-corrected chi connectivity index (χ0v) is 49.1. The molecule has 6 amide bonds. The number of likely N-dealkylation sites (N-methyl/N-ethyl adjacent to an activating group) is 1. The Morgan fingerprint density at radius 3 is 1.94 bits per heavy atom. The highest BCUT2D eigenvalue weighted by Crippen LogP contribution is 2.44. The molecule has 4 atom stereocenters. The molecule has 2 saturated heterocycles. The van der Waals surface area contributed by atoms with Crippen LogP contribution in [-0.4, -0.2) is 149 Å². The van der Waals surface area contributed by atoms with Gasteiger partial charge in [0.2, 0.25) is 11.8 Å². The van der Waals surface area contributed by atoms with Crippen LogP contribution < -0.4 is 47.8 Å². The summed E-state index contributed by atoms with van der Waals surface area (Å²) in [6.07, 6.45) is 11.4. The van der Waals surface area contributed by atoms with Crippen LogP contribution in [0.25, 0.3) is 0 Å². The van der Waals surface area contributed by atoms with Crippen LogP contribution in [0.1, 0.15) is 107 Å². The number of ketones is 1. The minimum Gasteiger partial charge on any atom is -0.462 e. The highest BCUT2D eigenvalue weighted by atomic mass is 32.2. The topological polar surface area (TPSA) is 249 Å². The number of amides is 6. The molecule has 21 heteroatoms. The van der Waals surface area contributed by atoms with Crippen LogP contribution in [0.3, 0.4) is 0 Å². The average molecular weight is 1180 g/mol. The Morgan fingerprint density at radius 2 is 1.27 bits per heavy atom. The summed E-state index contributed by atoms with van der Waals surface area (Å²) in [6, 6.07) is 29.7. The van der Waals surface area contributed by atoms with Crippen molar-refractivity contribution in [2.45, 2.75) is 88.1 Å². The summed E-state index contributed by atoms with van der Waals surface area (Å²) < 4.78 is 37.7. The number of esters is 1. The van der Waals surface area contributed by atoms with Gasteiger partial charge in [-0.1, -0.05) is 104 Å². The van der Waals surface area contributed by atoms with Crippen LogP contribution in [0, 0.1) is 0 Å². The van der Waals surface area contributed by atoms with E-state index in [1.165, 1.54) is 0 Å². The van der Waals surface area contributed by atoms with E-state index in [1.54, 1.807) is 91.9 Å². The fraction of sp³-hybridized carbons (Fsp3) is 0.435. The highest BCUT2D eigenvalue weighted by Gasteiger charge is 2.42. The first kappa shape index (κ1) is 63.5. The van der Waals surface area contributed by atoms with Crippen LogP contribution in [0.15, 0.2) is 127 Å². The molecule has 0 radical (unpaired) electrons. The highest BCUT2D eigenvalue weighted by molar-refractivity contribution is 8.00. The third-order valence-electron chi connectivity index (χ3n) is 14.4. The Morgan fingerprint density at radius 1 is 0.663 bits per heavy atom.